The monoisotopic (exact) mass is 392 g/mol. The maximum absolute atomic E-state index is 13.5. The van der Waals surface area contributed by atoms with Crippen molar-refractivity contribution in [1.29, 1.82) is 0 Å². The minimum Gasteiger partial charge on any atom is -0.396 e. The van der Waals surface area contributed by atoms with Crippen molar-refractivity contribution in [3.05, 3.63) is 70.8 Å². The molecule has 2 heterocycles. The highest BCUT2D eigenvalue weighted by atomic mass is 16.3. The summed E-state index contributed by atoms with van der Waals surface area (Å²) < 4.78 is 0. The van der Waals surface area contributed by atoms with Gasteiger partial charge in [-0.25, -0.2) is 0 Å². The number of hydrogen-bond donors (Lipinski definition) is 1. The predicted octanol–water partition coefficient (Wildman–Crippen LogP) is 3.50. The van der Waals surface area contributed by atoms with Crippen molar-refractivity contribution in [1.82, 2.24) is 9.80 Å². The van der Waals surface area contributed by atoms with Crippen LogP contribution in [0, 0.1) is 12.3 Å². The first-order chi connectivity index (χ1) is 14.0. The second-order valence-electron chi connectivity index (χ2n) is 8.94. The standard InChI is InChI=1S/C25H32N2O2/c1-19-8-10-20(11-9-19)16-21-6-3-4-7-22(21)24(29)27-15-13-25(18-28)12-5-14-26(2)23(25)17-27/h3-4,6-11,23,28H,5,12-18H2,1-2H3/t23-,25-/m1/s1. The van der Waals surface area contributed by atoms with Crippen LogP contribution < -0.4 is 0 Å². The molecule has 1 N–H and O–H groups in total. The van der Waals surface area contributed by atoms with E-state index in [1.54, 1.807) is 0 Å². The Kier molecular flexibility index (Phi) is 5.75. The van der Waals surface area contributed by atoms with E-state index >= 15 is 0 Å². The number of likely N-dealkylation sites (tertiary alicyclic amines) is 2. The lowest BCUT2D eigenvalue weighted by Gasteiger charge is -2.53. The molecular weight excluding hydrogens is 360 g/mol. The Labute approximate surface area is 174 Å². The average Bonchev–Trinajstić information content (AvgIpc) is 2.75. The molecule has 2 aliphatic rings. The third-order valence-electron chi connectivity index (χ3n) is 7.06. The van der Waals surface area contributed by atoms with Gasteiger partial charge in [-0.15, -0.1) is 0 Å². The zero-order chi connectivity index (χ0) is 20.4. The second-order valence-corrected chi connectivity index (χ2v) is 8.94. The van der Waals surface area contributed by atoms with Crippen molar-refractivity contribution in [3.63, 3.8) is 0 Å². The largest absolute Gasteiger partial charge is 0.396 e. The molecule has 1 amide bonds. The van der Waals surface area contributed by atoms with Crippen LogP contribution in [0.25, 0.3) is 0 Å². The smallest absolute Gasteiger partial charge is 0.254 e. The summed E-state index contributed by atoms with van der Waals surface area (Å²) in [6, 6.07) is 16.8. The maximum Gasteiger partial charge on any atom is 0.254 e. The minimum atomic E-state index is -0.0504. The third-order valence-corrected chi connectivity index (χ3v) is 7.06. The van der Waals surface area contributed by atoms with E-state index in [2.05, 4.69) is 49.2 Å². The Morgan fingerprint density at radius 3 is 2.62 bits per heavy atom. The molecule has 2 atom stereocenters. The van der Waals surface area contributed by atoms with Gasteiger partial charge in [-0.05, 0) is 63.4 Å². The lowest BCUT2D eigenvalue weighted by atomic mass is 9.69. The molecule has 0 saturated carbocycles. The summed E-state index contributed by atoms with van der Waals surface area (Å²) in [7, 11) is 2.13. The molecule has 2 fully saturated rings. The van der Waals surface area contributed by atoms with Gasteiger partial charge in [0.05, 0.1) is 6.61 Å². The van der Waals surface area contributed by atoms with Crippen molar-refractivity contribution in [2.45, 2.75) is 38.6 Å². The number of nitrogens with zero attached hydrogens (tertiary/aromatic N) is 2. The van der Waals surface area contributed by atoms with E-state index in [0.717, 1.165) is 49.9 Å². The van der Waals surface area contributed by atoms with Gasteiger partial charge in [-0.2, -0.15) is 0 Å². The topological polar surface area (TPSA) is 43.8 Å². The minimum absolute atomic E-state index is 0.0504. The number of likely N-dealkylation sites (N-methyl/N-ethyl adjacent to an activating group) is 1. The molecule has 0 spiro atoms. The fourth-order valence-corrected chi connectivity index (χ4v) is 5.18. The van der Waals surface area contributed by atoms with Crippen molar-refractivity contribution < 1.29 is 9.90 Å². The first-order valence-corrected chi connectivity index (χ1v) is 10.8. The Morgan fingerprint density at radius 2 is 1.86 bits per heavy atom. The number of aliphatic hydroxyl groups excluding tert-OH is 1. The molecule has 4 rings (SSSR count). The molecule has 0 aliphatic carbocycles. The molecular formula is C25H32N2O2. The average molecular weight is 393 g/mol. The summed E-state index contributed by atoms with van der Waals surface area (Å²) in [5.74, 6) is 0.123. The Bertz CT molecular complexity index is 863. The molecule has 2 aromatic rings. The molecule has 0 bridgehead atoms. The fraction of sp³-hybridized carbons (Fsp3) is 0.480. The quantitative estimate of drug-likeness (QED) is 0.866. The van der Waals surface area contributed by atoms with Gasteiger partial charge in [-0.1, -0.05) is 48.0 Å². The van der Waals surface area contributed by atoms with Gasteiger partial charge >= 0.3 is 0 Å². The highest BCUT2D eigenvalue weighted by Crippen LogP contribution is 2.41. The zero-order valence-electron chi connectivity index (χ0n) is 17.6. The van der Waals surface area contributed by atoms with Crippen LogP contribution in [0.2, 0.25) is 0 Å². The van der Waals surface area contributed by atoms with Crippen LogP contribution in [-0.2, 0) is 6.42 Å². The van der Waals surface area contributed by atoms with E-state index in [1.807, 2.05) is 23.1 Å². The number of aliphatic hydroxyl groups is 1. The number of amides is 1. The van der Waals surface area contributed by atoms with Gasteiger partial charge in [0, 0.05) is 30.1 Å². The lowest BCUT2D eigenvalue weighted by Crippen LogP contribution is -2.62. The van der Waals surface area contributed by atoms with Gasteiger partial charge in [-0.3, -0.25) is 4.79 Å². The van der Waals surface area contributed by atoms with Crippen LogP contribution in [0.1, 0.15) is 46.3 Å². The Hall–Kier alpha value is -2.17. The summed E-state index contributed by atoms with van der Waals surface area (Å²) in [6.07, 6.45) is 3.83. The Balaban J connectivity index is 1.55. The Morgan fingerprint density at radius 1 is 1.10 bits per heavy atom. The van der Waals surface area contributed by atoms with Crippen LogP contribution in [-0.4, -0.2) is 60.1 Å². The molecule has 2 aliphatic heterocycles. The SMILES string of the molecule is Cc1ccc(Cc2ccccc2C(=O)N2CC[C@@]3(CO)CCCN(C)[C@@H]3C2)cc1. The van der Waals surface area contributed by atoms with Crippen LogP contribution in [0.15, 0.2) is 48.5 Å². The maximum atomic E-state index is 13.5. The van der Waals surface area contributed by atoms with E-state index in [-0.39, 0.29) is 24.0 Å². The normalized spacial score (nSPS) is 24.9. The number of hydrogen-bond acceptors (Lipinski definition) is 3. The predicted molar refractivity (Wildman–Crippen MR) is 116 cm³/mol. The van der Waals surface area contributed by atoms with Crippen molar-refractivity contribution in [2.75, 3.05) is 33.3 Å². The molecule has 2 saturated heterocycles. The molecule has 0 aromatic heterocycles. The summed E-state index contributed by atoms with van der Waals surface area (Å²) in [6.45, 7) is 4.77. The number of benzene rings is 2. The molecule has 0 unspecified atom stereocenters. The number of aryl methyl sites for hydroxylation is 1. The summed E-state index contributed by atoms with van der Waals surface area (Å²) in [4.78, 5) is 17.8. The highest BCUT2D eigenvalue weighted by molar-refractivity contribution is 5.96. The first-order valence-electron chi connectivity index (χ1n) is 10.8. The first kappa shape index (κ1) is 20.1. The second kappa shape index (κ2) is 8.29. The van der Waals surface area contributed by atoms with Crippen LogP contribution >= 0.6 is 0 Å². The van der Waals surface area contributed by atoms with Gasteiger partial charge in [0.15, 0.2) is 0 Å². The van der Waals surface area contributed by atoms with Crippen molar-refractivity contribution in [3.8, 4) is 0 Å². The molecule has 29 heavy (non-hydrogen) atoms. The molecule has 0 radical (unpaired) electrons. The van der Waals surface area contributed by atoms with Crippen molar-refractivity contribution in [2.24, 2.45) is 5.41 Å². The number of rotatable bonds is 4. The van der Waals surface area contributed by atoms with Crippen LogP contribution in [0.3, 0.4) is 0 Å². The van der Waals surface area contributed by atoms with E-state index in [4.69, 9.17) is 0 Å². The molecule has 4 nitrogen and oxygen atoms in total. The molecule has 154 valence electrons. The van der Waals surface area contributed by atoms with Gasteiger partial charge < -0.3 is 14.9 Å². The van der Waals surface area contributed by atoms with E-state index in [1.165, 1.54) is 11.1 Å². The van der Waals surface area contributed by atoms with Crippen LogP contribution in [0.5, 0.6) is 0 Å². The van der Waals surface area contributed by atoms with Gasteiger partial charge in [0.25, 0.3) is 5.91 Å². The zero-order valence-corrected chi connectivity index (χ0v) is 17.6. The number of carbonyl (C=O) groups is 1. The summed E-state index contributed by atoms with van der Waals surface area (Å²) in [5, 5.41) is 10.1. The van der Waals surface area contributed by atoms with Crippen LogP contribution in [0.4, 0.5) is 0 Å². The molecule has 4 heteroatoms. The van der Waals surface area contributed by atoms with E-state index < -0.39 is 0 Å². The highest BCUT2D eigenvalue weighted by Gasteiger charge is 2.47. The fourth-order valence-electron chi connectivity index (χ4n) is 5.18. The molecule has 2 aromatic carbocycles. The number of carbonyl (C=O) groups excluding carboxylic acids is 1. The summed E-state index contributed by atoms with van der Waals surface area (Å²) >= 11 is 0. The number of fused-ring (bicyclic) bond motifs is 1. The third kappa shape index (κ3) is 3.96. The number of piperidine rings is 2. The van der Waals surface area contributed by atoms with E-state index in [9.17, 15) is 9.90 Å². The summed E-state index contributed by atoms with van der Waals surface area (Å²) in [5.41, 5.74) is 4.31. The van der Waals surface area contributed by atoms with Gasteiger partial charge in [0.2, 0.25) is 0 Å². The van der Waals surface area contributed by atoms with E-state index in [0.29, 0.717) is 6.54 Å². The van der Waals surface area contributed by atoms with Crippen molar-refractivity contribution >= 4 is 5.91 Å². The lowest BCUT2D eigenvalue weighted by molar-refractivity contribution is -0.0601. The van der Waals surface area contributed by atoms with Gasteiger partial charge in [0.1, 0.15) is 0 Å².